The number of guanidine groups is 1. The second-order valence-electron chi connectivity index (χ2n) is 6.27. The molecule has 0 aromatic heterocycles. The summed E-state index contributed by atoms with van der Waals surface area (Å²) in [7, 11) is 0. The number of hydrogen-bond acceptors (Lipinski definition) is 2. The monoisotopic (exact) mass is 438 g/mol. The lowest BCUT2D eigenvalue weighted by Crippen LogP contribution is -2.42. The molecule has 3 N–H and O–H groups in total. The van der Waals surface area contributed by atoms with Gasteiger partial charge in [0.1, 0.15) is 0 Å². The molecule has 1 rings (SSSR count). The summed E-state index contributed by atoms with van der Waals surface area (Å²) in [5, 5.41) is 9.57. The minimum Gasteiger partial charge on any atom is -0.357 e. The Morgan fingerprint density at radius 1 is 1.17 bits per heavy atom. The average Bonchev–Trinajstić information content (AvgIpc) is 2.52. The van der Waals surface area contributed by atoms with E-state index < -0.39 is 0 Å². The summed E-state index contributed by atoms with van der Waals surface area (Å²) in [5.41, 5.74) is 0. The maximum absolute atomic E-state index is 11.9. The van der Waals surface area contributed by atoms with Crippen molar-refractivity contribution in [1.29, 1.82) is 0 Å². The highest BCUT2D eigenvalue weighted by Crippen LogP contribution is 2.25. The zero-order chi connectivity index (χ0) is 16.2. The molecule has 1 fully saturated rings. The smallest absolute Gasteiger partial charge is 0.220 e. The minimum atomic E-state index is 0. The van der Waals surface area contributed by atoms with Crippen LogP contribution in [-0.2, 0) is 4.79 Å². The standard InChI is InChI=1S/C17H34N4O.HI/c1-4-14(3)21-17(18-5-2)20-12-11-19-16(22)13-15-9-7-6-8-10-15;/h14-15H,4-13H2,1-3H3,(H,19,22)(H2,18,20,21);1H. The van der Waals surface area contributed by atoms with Gasteiger partial charge in [-0.05, 0) is 39.0 Å². The Bertz CT molecular complexity index is 343. The molecule has 5 nitrogen and oxygen atoms in total. The van der Waals surface area contributed by atoms with Gasteiger partial charge in [0.2, 0.25) is 5.91 Å². The molecule has 1 aliphatic carbocycles. The maximum atomic E-state index is 11.9. The van der Waals surface area contributed by atoms with Crippen LogP contribution in [0.15, 0.2) is 4.99 Å². The number of carbonyl (C=O) groups excluding carboxylic acids is 1. The summed E-state index contributed by atoms with van der Waals surface area (Å²) in [6.45, 7) is 8.41. The van der Waals surface area contributed by atoms with E-state index in [1.54, 1.807) is 0 Å². The lowest BCUT2D eigenvalue weighted by molar-refractivity contribution is -0.122. The molecule has 1 atom stereocenters. The lowest BCUT2D eigenvalue weighted by Gasteiger charge is -2.20. The average molecular weight is 438 g/mol. The van der Waals surface area contributed by atoms with E-state index >= 15 is 0 Å². The molecule has 1 amide bonds. The van der Waals surface area contributed by atoms with Crippen molar-refractivity contribution in [3.8, 4) is 0 Å². The first-order valence-corrected chi connectivity index (χ1v) is 8.97. The van der Waals surface area contributed by atoms with E-state index in [9.17, 15) is 4.79 Å². The van der Waals surface area contributed by atoms with Crippen molar-refractivity contribution in [3.63, 3.8) is 0 Å². The molecule has 6 heteroatoms. The third-order valence-corrected chi connectivity index (χ3v) is 4.24. The van der Waals surface area contributed by atoms with Crippen LogP contribution in [0.4, 0.5) is 0 Å². The summed E-state index contributed by atoms with van der Waals surface area (Å²) in [4.78, 5) is 16.4. The van der Waals surface area contributed by atoms with Gasteiger partial charge in [0, 0.05) is 25.6 Å². The van der Waals surface area contributed by atoms with Crippen LogP contribution in [0.3, 0.4) is 0 Å². The van der Waals surface area contributed by atoms with E-state index in [4.69, 9.17) is 0 Å². The quantitative estimate of drug-likeness (QED) is 0.236. The van der Waals surface area contributed by atoms with Gasteiger partial charge in [0.25, 0.3) is 0 Å². The number of hydrogen-bond donors (Lipinski definition) is 3. The molecule has 23 heavy (non-hydrogen) atoms. The molecule has 0 radical (unpaired) electrons. The highest BCUT2D eigenvalue weighted by atomic mass is 127. The van der Waals surface area contributed by atoms with Crippen LogP contribution in [0.25, 0.3) is 0 Å². The molecule has 1 saturated carbocycles. The number of aliphatic imine (C=N–C) groups is 1. The molecule has 0 aromatic carbocycles. The van der Waals surface area contributed by atoms with Gasteiger partial charge >= 0.3 is 0 Å². The summed E-state index contributed by atoms with van der Waals surface area (Å²) < 4.78 is 0. The molecule has 1 aliphatic rings. The van der Waals surface area contributed by atoms with Crippen LogP contribution in [0.2, 0.25) is 0 Å². The minimum absolute atomic E-state index is 0. The van der Waals surface area contributed by atoms with E-state index in [1.807, 2.05) is 0 Å². The van der Waals surface area contributed by atoms with Gasteiger partial charge in [-0.15, -0.1) is 24.0 Å². The Hall–Kier alpha value is -0.530. The van der Waals surface area contributed by atoms with E-state index in [2.05, 4.69) is 41.7 Å². The molecular formula is C17H35IN4O. The summed E-state index contributed by atoms with van der Waals surface area (Å²) in [6.07, 6.45) is 8.09. The molecule has 0 bridgehead atoms. The lowest BCUT2D eigenvalue weighted by atomic mass is 9.87. The summed E-state index contributed by atoms with van der Waals surface area (Å²) >= 11 is 0. The van der Waals surface area contributed by atoms with E-state index in [-0.39, 0.29) is 29.9 Å². The zero-order valence-corrected chi connectivity index (χ0v) is 17.3. The predicted molar refractivity (Wildman–Crippen MR) is 108 cm³/mol. The number of nitrogens with zero attached hydrogens (tertiary/aromatic N) is 1. The van der Waals surface area contributed by atoms with Crippen LogP contribution in [0.5, 0.6) is 0 Å². The predicted octanol–water partition coefficient (Wildman–Crippen LogP) is 3.04. The Morgan fingerprint density at radius 2 is 1.87 bits per heavy atom. The van der Waals surface area contributed by atoms with Crippen LogP contribution in [0, 0.1) is 5.92 Å². The van der Waals surface area contributed by atoms with Crippen LogP contribution < -0.4 is 16.0 Å². The first kappa shape index (κ1) is 22.5. The second kappa shape index (κ2) is 13.9. The molecule has 0 spiro atoms. The third kappa shape index (κ3) is 10.8. The van der Waals surface area contributed by atoms with Gasteiger partial charge in [-0.2, -0.15) is 0 Å². The topological polar surface area (TPSA) is 65.5 Å². The van der Waals surface area contributed by atoms with Gasteiger partial charge in [0.05, 0.1) is 6.54 Å². The van der Waals surface area contributed by atoms with Crippen molar-refractivity contribution in [2.75, 3.05) is 19.6 Å². The molecule has 0 aromatic rings. The van der Waals surface area contributed by atoms with Gasteiger partial charge in [-0.25, -0.2) is 0 Å². The van der Waals surface area contributed by atoms with Crippen molar-refractivity contribution in [2.24, 2.45) is 10.9 Å². The Morgan fingerprint density at radius 3 is 2.48 bits per heavy atom. The fraction of sp³-hybridized carbons (Fsp3) is 0.882. The van der Waals surface area contributed by atoms with Crippen molar-refractivity contribution in [3.05, 3.63) is 0 Å². The zero-order valence-electron chi connectivity index (χ0n) is 15.0. The fourth-order valence-electron chi connectivity index (χ4n) is 2.74. The van der Waals surface area contributed by atoms with Crippen molar-refractivity contribution in [1.82, 2.24) is 16.0 Å². The Balaban J connectivity index is 0.00000484. The summed E-state index contributed by atoms with van der Waals surface area (Å²) in [6, 6.07) is 0.402. The molecule has 0 heterocycles. The van der Waals surface area contributed by atoms with Crippen LogP contribution >= 0.6 is 24.0 Å². The number of nitrogens with one attached hydrogen (secondary N) is 3. The largest absolute Gasteiger partial charge is 0.357 e. The van der Waals surface area contributed by atoms with Crippen molar-refractivity contribution >= 4 is 35.8 Å². The van der Waals surface area contributed by atoms with Gasteiger partial charge in [-0.1, -0.05) is 26.2 Å². The maximum Gasteiger partial charge on any atom is 0.220 e. The molecule has 136 valence electrons. The fourth-order valence-corrected chi connectivity index (χ4v) is 2.74. The van der Waals surface area contributed by atoms with Crippen LogP contribution in [0.1, 0.15) is 65.7 Å². The molecule has 0 saturated heterocycles. The van der Waals surface area contributed by atoms with Crippen molar-refractivity contribution in [2.45, 2.75) is 71.8 Å². The third-order valence-electron chi connectivity index (χ3n) is 4.24. The molecular weight excluding hydrogens is 403 g/mol. The van der Waals surface area contributed by atoms with E-state index in [0.29, 0.717) is 31.5 Å². The highest BCUT2D eigenvalue weighted by molar-refractivity contribution is 14.0. The first-order chi connectivity index (χ1) is 10.7. The Labute approximate surface area is 158 Å². The highest BCUT2D eigenvalue weighted by Gasteiger charge is 2.16. The normalized spacial score (nSPS) is 17.1. The number of halogens is 1. The number of rotatable bonds is 8. The van der Waals surface area contributed by atoms with Gasteiger partial charge in [-0.3, -0.25) is 9.79 Å². The van der Waals surface area contributed by atoms with Gasteiger partial charge in [0.15, 0.2) is 5.96 Å². The molecule has 1 unspecified atom stereocenters. The van der Waals surface area contributed by atoms with E-state index in [1.165, 1.54) is 32.1 Å². The van der Waals surface area contributed by atoms with Gasteiger partial charge < -0.3 is 16.0 Å². The first-order valence-electron chi connectivity index (χ1n) is 8.97. The van der Waals surface area contributed by atoms with E-state index in [0.717, 1.165) is 18.9 Å². The number of carbonyl (C=O) groups is 1. The molecule has 0 aliphatic heterocycles. The second-order valence-corrected chi connectivity index (χ2v) is 6.27. The Kier molecular flexibility index (Phi) is 13.5. The SMILES string of the molecule is CCNC(=NCCNC(=O)CC1CCCCC1)NC(C)CC.I. The van der Waals surface area contributed by atoms with Crippen LogP contribution in [-0.4, -0.2) is 37.5 Å². The number of amides is 1. The summed E-state index contributed by atoms with van der Waals surface area (Å²) in [5.74, 6) is 1.61. The van der Waals surface area contributed by atoms with Crippen molar-refractivity contribution < 1.29 is 4.79 Å².